The number of hydrogen-bond acceptors (Lipinski definition) is 5. The summed E-state index contributed by atoms with van der Waals surface area (Å²) in [6, 6.07) is 0. The third kappa shape index (κ3) is 8.66. The van der Waals surface area contributed by atoms with Crippen molar-refractivity contribution in [3.63, 3.8) is 0 Å². The molecule has 0 aromatic heterocycles. The molecule has 5 saturated carbocycles. The third-order valence-electron chi connectivity index (χ3n) is 9.40. The Bertz CT molecular complexity index is 637. The fourth-order valence-electron chi connectivity index (χ4n) is 7.23. The molecule has 6 aliphatic rings. The van der Waals surface area contributed by atoms with Gasteiger partial charge in [-0.1, -0.05) is 34.6 Å². The summed E-state index contributed by atoms with van der Waals surface area (Å²) in [6.07, 6.45) is 16.8. The van der Waals surface area contributed by atoms with Gasteiger partial charge in [0, 0.05) is 18.3 Å². The van der Waals surface area contributed by atoms with Crippen LogP contribution in [-0.4, -0.2) is 46.7 Å². The summed E-state index contributed by atoms with van der Waals surface area (Å²) < 4.78 is 12.6. The van der Waals surface area contributed by atoms with Crippen molar-refractivity contribution < 1.29 is 24.5 Å². The molecule has 5 nitrogen and oxygen atoms in total. The summed E-state index contributed by atoms with van der Waals surface area (Å²) in [5.41, 5.74) is 0.129. The molecule has 4 bridgehead atoms. The van der Waals surface area contributed by atoms with Gasteiger partial charge in [-0.05, 0) is 102 Å². The Balaban J connectivity index is 0.000000323. The average Bonchev–Trinajstić information content (AvgIpc) is 3.30. The van der Waals surface area contributed by atoms with Crippen molar-refractivity contribution in [3.05, 3.63) is 0 Å². The highest BCUT2D eigenvalue weighted by Crippen LogP contribution is 2.55. The molecule has 1 aliphatic heterocycles. The number of carbonyl (C=O) groups excluding carboxylic acids is 1. The van der Waals surface area contributed by atoms with Crippen LogP contribution in [0, 0.1) is 35.5 Å². The van der Waals surface area contributed by atoms with Crippen LogP contribution in [0.25, 0.3) is 0 Å². The Labute approximate surface area is 227 Å². The van der Waals surface area contributed by atoms with Gasteiger partial charge in [-0.25, -0.2) is 0 Å². The summed E-state index contributed by atoms with van der Waals surface area (Å²) in [5.74, 6) is 4.57. The summed E-state index contributed by atoms with van der Waals surface area (Å²) in [5, 5.41) is 18.0. The first-order valence-corrected chi connectivity index (χ1v) is 14.0. The number of carbonyl (C=O) groups is 1. The number of rotatable bonds is 5. The number of aldehydes is 1. The van der Waals surface area contributed by atoms with E-state index in [2.05, 4.69) is 0 Å². The van der Waals surface area contributed by atoms with Crippen molar-refractivity contribution in [2.75, 3.05) is 0 Å². The van der Waals surface area contributed by atoms with Gasteiger partial charge in [-0.15, -0.1) is 12.4 Å². The van der Waals surface area contributed by atoms with Crippen molar-refractivity contribution in [1.82, 2.24) is 0 Å². The molecule has 1 heterocycles. The molecule has 5 aliphatic carbocycles. The first-order chi connectivity index (χ1) is 15.8. The van der Waals surface area contributed by atoms with Crippen molar-refractivity contribution >= 4 is 18.7 Å². The second kappa shape index (κ2) is 14.8. The highest BCUT2D eigenvalue weighted by atomic mass is 35.5. The van der Waals surface area contributed by atoms with Gasteiger partial charge in [0.15, 0.2) is 6.29 Å². The van der Waals surface area contributed by atoms with Gasteiger partial charge in [0.05, 0.1) is 23.9 Å². The van der Waals surface area contributed by atoms with Gasteiger partial charge in [0.2, 0.25) is 0 Å². The normalized spacial score (nSPS) is 39.7. The standard InChI is InChI=1S/C16H26O3.C8H12O.C4H10O.2CH4.ClH/c1-10(17)6-13-9-16(4-5-16)19-15(18-13)14-8-11-2-3-12(14)7-11;9-5-8-4-6-1-2-7(8)3-6;1-3-4(2)5;;;/h10-15,17H,2-9H2,1H3;5-8H,1-4H2;4-5H,3H2,1-2H3;2*1H4;1H. The number of halogens is 1. The summed E-state index contributed by atoms with van der Waals surface area (Å²) in [6.45, 7) is 5.59. The van der Waals surface area contributed by atoms with Gasteiger partial charge >= 0.3 is 0 Å². The van der Waals surface area contributed by atoms with Gasteiger partial charge < -0.3 is 24.5 Å². The quantitative estimate of drug-likeness (QED) is 0.374. The first-order valence-electron chi connectivity index (χ1n) is 14.0. The van der Waals surface area contributed by atoms with E-state index in [-0.39, 0.29) is 57.5 Å². The van der Waals surface area contributed by atoms with Crippen molar-refractivity contribution in [2.45, 2.75) is 149 Å². The Morgan fingerprint density at radius 3 is 1.86 bits per heavy atom. The van der Waals surface area contributed by atoms with E-state index in [0.29, 0.717) is 11.8 Å². The van der Waals surface area contributed by atoms with Crippen molar-refractivity contribution in [1.29, 1.82) is 0 Å². The molecule has 0 aromatic rings. The fourth-order valence-corrected chi connectivity index (χ4v) is 7.23. The summed E-state index contributed by atoms with van der Waals surface area (Å²) in [7, 11) is 0. The van der Waals surface area contributed by atoms with Crippen LogP contribution in [0.2, 0.25) is 0 Å². The zero-order chi connectivity index (χ0) is 23.6. The zero-order valence-corrected chi connectivity index (χ0v) is 22.4. The number of ether oxygens (including phenoxy) is 2. The van der Waals surface area contributed by atoms with E-state index < -0.39 is 0 Å². The maximum absolute atomic E-state index is 10.4. The van der Waals surface area contributed by atoms with E-state index in [1.54, 1.807) is 6.92 Å². The number of fused-ring (bicyclic) bond motifs is 4. The second-order valence-corrected chi connectivity index (χ2v) is 12.3. The lowest BCUT2D eigenvalue weighted by molar-refractivity contribution is -0.281. The van der Waals surface area contributed by atoms with Crippen molar-refractivity contribution in [2.24, 2.45) is 35.5 Å². The molecule has 10 unspecified atom stereocenters. The van der Waals surface area contributed by atoms with E-state index in [1.165, 1.54) is 70.5 Å². The molecule has 0 amide bonds. The number of hydrogen-bond donors (Lipinski definition) is 2. The van der Waals surface area contributed by atoms with Crippen LogP contribution in [0.5, 0.6) is 0 Å². The fraction of sp³-hybridized carbons (Fsp3) is 0.967. The third-order valence-corrected chi connectivity index (χ3v) is 9.40. The van der Waals surface area contributed by atoms with E-state index in [4.69, 9.17) is 14.6 Å². The molecular formula is C30H57ClO5. The number of aliphatic hydroxyl groups excluding tert-OH is 2. The molecule has 10 atom stereocenters. The lowest BCUT2D eigenvalue weighted by Gasteiger charge is -2.41. The molecule has 2 N–H and O–H groups in total. The van der Waals surface area contributed by atoms with Crippen LogP contribution < -0.4 is 0 Å². The van der Waals surface area contributed by atoms with E-state index in [0.717, 1.165) is 42.9 Å². The highest BCUT2D eigenvalue weighted by Gasteiger charge is 2.55. The minimum absolute atomic E-state index is 0. The molecule has 214 valence electrons. The average molecular weight is 533 g/mol. The Hall–Kier alpha value is -0.200. The van der Waals surface area contributed by atoms with Crippen LogP contribution in [0.3, 0.4) is 0 Å². The molecule has 6 heteroatoms. The van der Waals surface area contributed by atoms with Crippen LogP contribution in [0.4, 0.5) is 0 Å². The monoisotopic (exact) mass is 532 g/mol. The smallest absolute Gasteiger partial charge is 0.161 e. The van der Waals surface area contributed by atoms with Crippen LogP contribution in [0.1, 0.15) is 119 Å². The Morgan fingerprint density at radius 2 is 1.50 bits per heavy atom. The second-order valence-electron chi connectivity index (χ2n) is 12.3. The molecule has 0 radical (unpaired) electrons. The lowest BCUT2D eigenvalue weighted by Crippen LogP contribution is -2.45. The highest BCUT2D eigenvalue weighted by molar-refractivity contribution is 5.85. The van der Waals surface area contributed by atoms with E-state index in [1.807, 2.05) is 13.8 Å². The molecular weight excluding hydrogens is 476 g/mol. The SMILES string of the molecule is C.C.CC(O)CC1CC2(CC2)OC(C2CC3CCC2C3)O1.CCC(C)O.Cl.O=CC1CC2CCC1C2. The van der Waals surface area contributed by atoms with Gasteiger partial charge in [-0.3, -0.25) is 0 Å². The van der Waals surface area contributed by atoms with Crippen LogP contribution in [0.15, 0.2) is 0 Å². The van der Waals surface area contributed by atoms with Gasteiger partial charge in [-0.2, -0.15) is 0 Å². The Kier molecular flexibility index (Phi) is 13.9. The topological polar surface area (TPSA) is 76.0 Å². The van der Waals surface area contributed by atoms with Crippen LogP contribution >= 0.6 is 12.4 Å². The number of aliphatic hydroxyl groups is 2. The molecule has 6 fully saturated rings. The summed E-state index contributed by atoms with van der Waals surface area (Å²) >= 11 is 0. The molecule has 36 heavy (non-hydrogen) atoms. The Morgan fingerprint density at radius 1 is 0.917 bits per heavy atom. The van der Waals surface area contributed by atoms with Gasteiger partial charge in [0.25, 0.3) is 0 Å². The molecule has 1 spiro atoms. The molecule has 1 saturated heterocycles. The minimum Gasteiger partial charge on any atom is -0.393 e. The van der Waals surface area contributed by atoms with Crippen molar-refractivity contribution in [3.8, 4) is 0 Å². The molecule has 0 aromatic carbocycles. The minimum atomic E-state index is -0.264. The van der Waals surface area contributed by atoms with Gasteiger partial charge in [0.1, 0.15) is 6.29 Å². The summed E-state index contributed by atoms with van der Waals surface area (Å²) in [4.78, 5) is 10.4. The largest absolute Gasteiger partial charge is 0.393 e. The molecule has 6 rings (SSSR count). The maximum atomic E-state index is 10.4. The maximum Gasteiger partial charge on any atom is 0.161 e. The van der Waals surface area contributed by atoms with E-state index in [9.17, 15) is 9.90 Å². The van der Waals surface area contributed by atoms with Crippen LogP contribution in [-0.2, 0) is 14.3 Å². The predicted molar refractivity (Wildman–Crippen MR) is 149 cm³/mol. The predicted octanol–water partition coefficient (Wildman–Crippen LogP) is 6.95. The van der Waals surface area contributed by atoms with E-state index >= 15 is 0 Å². The zero-order valence-electron chi connectivity index (χ0n) is 21.6. The first kappa shape index (κ1) is 33.8. The lowest BCUT2D eigenvalue weighted by atomic mass is 9.87.